The number of para-hydroxylation sites is 1. The van der Waals surface area contributed by atoms with E-state index in [2.05, 4.69) is 41.4 Å². The second-order valence-electron chi connectivity index (χ2n) is 6.97. The lowest BCUT2D eigenvalue weighted by Gasteiger charge is -2.37. The summed E-state index contributed by atoms with van der Waals surface area (Å²) in [6, 6.07) is 8.78. The highest BCUT2D eigenvalue weighted by atomic mass is 16.2. The number of nitrogens with one attached hydrogen (secondary N) is 1. The van der Waals surface area contributed by atoms with E-state index in [4.69, 9.17) is 0 Å². The first-order valence-electron chi connectivity index (χ1n) is 8.40. The van der Waals surface area contributed by atoms with Gasteiger partial charge < -0.3 is 10.2 Å². The second kappa shape index (κ2) is 5.13. The fraction of sp³-hybridized carbons (Fsp3) is 0.611. The molecule has 4 rings (SSSR count). The molecule has 1 aromatic rings. The highest BCUT2D eigenvalue weighted by molar-refractivity contribution is 5.99. The van der Waals surface area contributed by atoms with E-state index in [1.807, 2.05) is 0 Å². The molecule has 1 saturated carbocycles. The molecule has 0 radical (unpaired) electrons. The van der Waals surface area contributed by atoms with E-state index in [1.165, 1.54) is 24.8 Å². The van der Waals surface area contributed by atoms with E-state index in [0.29, 0.717) is 17.9 Å². The Labute approximate surface area is 126 Å². The van der Waals surface area contributed by atoms with Gasteiger partial charge in [0.25, 0.3) is 0 Å². The first-order valence-corrected chi connectivity index (χ1v) is 8.40. The fourth-order valence-electron chi connectivity index (χ4n) is 4.63. The molecule has 21 heavy (non-hydrogen) atoms. The van der Waals surface area contributed by atoms with Gasteiger partial charge in [-0.3, -0.25) is 4.79 Å². The molecule has 0 bridgehead atoms. The third-order valence-corrected chi connectivity index (χ3v) is 5.77. The molecule has 3 nitrogen and oxygen atoms in total. The molecule has 3 heteroatoms. The van der Waals surface area contributed by atoms with Gasteiger partial charge in [-0.2, -0.15) is 0 Å². The summed E-state index contributed by atoms with van der Waals surface area (Å²) in [6.45, 7) is 3.22. The fourth-order valence-corrected chi connectivity index (χ4v) is 4.63. The van der Waals surface area contributed by atoms with Gasteiger partial charge in [0.05, 0.1) is 6.04 Å². The number of amides is 1. The summed E-state index contributed by atoms with van der Waals surface area (Å²) in [5.41, 5.74) is 2.47. The molecule has 2 aliphatic heterocycles. The molecule has 0 aromatic heterocycles. The largest absolute Gasteiger partial charge is 0.308 e. The van der Waals surface area contributed by atoms with Crippen LogP contribution in [0, 0.1) is 11.8 Å². The number of carbonyl (C=O) groups excluding carboxylic acids is 1. The lowest BCUT2D eigenvalue weighted by Crippen LogP contribution is -2.51. The minimum absolute atomic E-state index is 0.0473. The maximum Gasteiger partial charge on any atom is 0.244 e. The van der Waals surface area contributed by atoms with E-state index in [-0.39, 0.29) is 6.04 Å². The molecule has 0 spiro atoms. The number of aryl methyl sites for hydroxylation is 1. The van der Waals surface area contributed by atoms with Gasteiger partial charge in [-0.1, -0.05) is 24.6 Å². The van der Waals surface area contributed by atoms with Crippen molar-refractivity contribution in [1.29, 1.82) is 0 Å². The number of anilines is 1. The molecule has 4 unspecified atom stereocenters. The van der Waals surface area contributed by atoms with E-state index < -0.39 is 0 Å². The smallest absolute Gasteiger partial charge is 0.244 e. The Morgan fingerprint density at radius 2 is 2.10 bits per heavy atom. The molecular weight excluding hydrogens is 260 g/mol. The van der Waals surface area contributed by atoms with Gasteiger partial charge in [-0.15, -0.1) is 0 Å². The summed E-state index contributed by atoms with van der Waals surface area (Å²) >= 11 is 0. The number of rotatable bonds is 1. The van der Waals surface area contributed by atoms with Crippen LogP contribution in [0.3, 0.4) is 0 Å². The van der Waals surface area contributed by atoms with Crippen LogP contribution in [0.4, 0.5) is 5.69 Å². The molecule has 3 aliphatic rings. The van der Waals surface area contributed by atoms with Crippen molar-refractivity contribution in [3.05, 3.63) is 29.8 Å². The summed E-state index contributed by atoms with van der Waals surface area (Å²) in [5.74, 6) is 1.61. The number of hydrogen-bond donors (Lipinski definition) is 1. The lowest BCUT2D eigenvalue weighted by atomic mass is 9.91. The molecule has 1 aromatic carbocycles. The summed E-state index contributed by atoms with van der Waals surface area (Å²) in [5, 5.41) is 3.52. The van der Waals surface area contributed by atoms with Crippen LogP contribution in [0.1, 0.15) is 38.2 Å². The second-order valence-corrected chi connectivity index (χ2v) is 6.97. The van der Waals surface area contributed by atoms with Crippen LogP contribution in [-0.2, 0) is 11.2 Å². The van der Waals surface area contributed by atoms with Crippen molar-refractivity contribution in [3.63, 3.8) is 0 Å². The topological polar surface area (TPSA) is 32.3 Å². The summed E-state index contributed by atoms with van der Waals surface area (Å²) < 4.78 is 0. The third kappa shape index (κ3) is 2.10. The molecule has 1 N–H and O–H groups in total. The van der Waals surface area contributed by atoms with Crippen molar-refractivity contribution in [2.75, 3.05) is 11.4 Å². The van der Waals surface area contributed by atoms with Gasteiger partial charge in [0.1, 0.15) is 0 Å². The quantitative estimate of drug-likeness (QED) is 0.860. The molecule has 1 amide bonds. The maximum absolute atomic E-state index is 13.2. The minimum atomic E-state index is 0.0473. The van der Waals surface area contributed by atoms with Crippen molar-refractivity contribution in [3.8, 4) is 0 Å². The van der Waals surface area contributed by atoms with Gasteiger partial charge in [-0.25, -0.2) is 0 Å². The number of hydrogen-bond acceptors (Lipinski definition) is 2. The number of fused-ring (bicyclic) bond motifs is 2. The van der Waals surface area contributed by atoms with Crippen molar-refractivity contribution in [2.24, 2.45) is 11.8 Å². The van der Waals surface area contributed by atoms with Crippen LogP contribution in [0.2, 0.25) is 0 Å². The third-order valence-electron chi connectivity index (χ3n) is 5.77. The molecule has 2 heterocycles. The number of benzene rings is 1. The van der Waals surface area contributed by atoms with Crippen molar-refractivity contribution < 1.29 is 4.79 Å². The highest BCUT2D eigenvalue weighted by Crippen LogP contribution is 2.40. The predicted octanol–water partition coefficient (Wildman–Crippen LogP) is 2.74. The van der Waals surface area contributed by atoms with Crippen molar-refractivity contribution in [2.45, 2.75) is 51.1 Å². The van der Waals surface area contributed by atoms with Crippen molar-refractivity contribution in [1.82, 2.24) is 5.32 Å². The van der Waals surface area contributed by atoms with Gasteiger partial charge in [0.15, 0.2) is 0 Å². The first kappa shape index (κ1) is 13.3. The lowest BCUT2D eigenvalue weighted by molar-refractivity contribution is -0.121. The number of carbonyl (C=O) groups is 1. The summed E-state index contributed by atoms with van der Waals surface area (Å²) in [6.07, 6.45) is 5.98. The van der Waals surface area contributed by atoms with Gasteiger partial charge in [0.2, 0.25) is 5.91 Å². The molecular formula is C18H24N2O. The first-order chi connectivity index (χ1) is 10.3. The predicted molar refractivity (Wildman–Crippen MR) is 84.3 cm³/mol. The van der Waals surface area contributed by atoms with E-state index >= 15 is 0 Å². The van der Waals surface area contributed by atoms with Gasteiger partial charge in [-0.05, 0) is 62.6 Å². The zero-order chi connectivity index (χ0) is 14.4. The zero-order valence-electron chi connectivity index (χ0n) is 12.7. The monoisotopic (exact) mass is 284 g/mol. The Balaban J connectivity index is 1.64. The van der Waals surface area contributed by atoms with Crippen LogP contribution in [0.15, 0.2) is 24.3 Å². The zero-order valence-corrected chi connectivity index (χ0v) is 12.7. The van der Waals surface area contributed by atoms with Crippen LogP contribution < -0.4 is 10.2 Å². The molecule has 1 saturated heterocycles. The van der Waals surface area contributed by atoms with E-state index in [1.54, 1.807) is 0 Å². The van der Waals surface area contributed by atoms with Crippen LogP contribution in [-0.4, -0.2) is 24.5 Å². The van der Waals surface area contributed by atoms with E-state index in [9.17, 15) is 4.79 Å². The van der Waals surface area contributed by atoms with Crippen LogP contribution in [0.25, 0.3) is 0 Å². The summed E-state index contributed by atoms with van der Waals surface area (Å²) in [7, 11) is 0. The van der Waals surface area contributed by atoms with Crippen LogP contribution in [0.5, 0.6) is 0 Å². The Morgan fingerprint density at radius 1 is 1.24 bits per heavy atom. The Bertz CT molecular complexity index is 556. The molecule has 112 valence electrons. The van der Waals surface area contributed by atoms with Gasteiger partial charge >= 0.3 is 0 Å². The molecule has 1 aliphatic carbocycles. The number of nitrogens with zero attached hydrogens (tertiary/aromatic N) is 1. The SMILES string of the molecule is CC1CCc2ccccc2N1C(=O)C1NCC2CCCC21. The minimum Gasteiger partial charge on any atom is -0.308 e. The van der Waals surface area contributed by atoms with Crippen LogP contribution >= 0.6 is 0 Å². The Morgan fingerprint density at radius 3 is 3.00 bits per heavy atom. The molecule has 4 atom stereocenters. The Hall–Kier alpha value is -1.35. The normalized spacial score (nSPS) is 34.6. The van der Waals surface area contributed by atoms with Gasteiger partial charge in [0, 0.05) is 11.7 Å². The average molecular weight is 284 g/mol. The highest BCUT2D eigenvalue weighted by Gasteiger charge is 2.45. The standard InChI is InChI=1S/C18H24N2O/c1-12-9-10-13-5-2-3-8-16(13)20(12)18(21)17-15-7-4-6-14(15)11-19-17/h2-3,5,8,12,14-15,17,19H,4,6-7,9-11H2,1H3. The maximum atomic E-state index is 13.2. The summed E-state index contributed by atoms with van der Waals surface area (Å²) in [4.78, 5) is 15.3. The van der Waals surface area contributed by atoms with E-state index in [0.717, 1.165) is 31.0 Å². The van der Waals surface area contributed by atoms with Crippen molar-refractivity contribution >= 4 is 11.6 Å². The molecule has 2 fully saturated rings. The Kier molecular flexibility index (Phi) is 3.26. The average Bonchev–Trinajstić information content (AvgIpc) is 3.09.